The van der Waals surface area contributed by atoms with E-state index >= 15 is 0 Å². The third-order valence-corrected chi connectivity index (χ3v) is 5.58. The van der Waals surface area contributed by atoms with Crippen LogP contribution in [0.2, 0.25) is 0 Å². The van der Waals surface area contributed by atoms with Gasteiger partial charge in [0, 0.05) is 30.4 Å². The highest BCUT2D eigenvalue weighted by atomic mass is 35.5. The van der Waals surface area contributed by atoms with Gasteiger partial charge in [0.25, 0.3) is 0 Å². The summed E-state index contributed by atoms with van der Waals surface area (Å²) in [7, 11) is 3.35. The molecule has 3 aromatic rings. The fourth-order valence-electron chi connectivity index (χ4n) is 3.69. The summed E-state index contributed by atoms with van der Waals surface area (Å²) in [5.74, 6) is 2.47. The summed E-state index contributed by atoms with van der Waals surface area (Å²) in [6.07, 6.45) is 5.17. The molecule has 4 rings (SSSR count). The normalized spacial score (nSPS) is 13.8. The zero-order valence-corrected chi connectivity index (χ0v) is 19.0. The number of nitrogens with zero attached hydrogens (tertiary/aromatic N) is 3. The predicted molar refractivity (Wildman–Crippen MR) is 128 cm³/mol. The van der Waals surface area contributed by atoms with Gasteiger partial charge in [-0.2, -0.15) is 0 Å². The molecule has 0 bridgehead atoms. The van der Waals surface area contributed by atoms with Gasteiger partial charge in [-0.15, -0.1) is 12.4 Å². The highest BCUT2D eigenvalue weighted by molar-refractivity contribution is 5.85. The highest BCUT2D eigenvalue weighted by Crippen LogP contribution is 2.33. The number of ether oxygens (including phenoxy) is 2. The number of methoxy groups -OCH3 is 2. The lowest BCUT2D eigenvalue weighted by Gasteiger charge is -2.24. The van der Waals surface area contributed by atoms with E-state index in [1.54, 1.807) is 14.2 Å². The molecule has 0 unspecified atom stereocenters. The Hall–Kier alpha value is -2.89. The van der Waals surface area contributed by atoms with Crippen molar-refractivity contribution in [3.05, 3.63) is 66.6 Å². The van der Waals surface area contributed by atoms with Crippen molar-refractivity contribution in [2.75, 3.05) is 33.9 Å². The Morgan fingerprint density at radius 1 is 0.903 bits per heavy atom. The quantitative estimate of drug-likeness (QED) is 0.519. The number of halogens is 1. The van der Waals surface area contributed by atoms with Crippen molar-refractivity contribution in [2.45, 2.75) is 13.3 Å². The Morgan fingerprint density at radius 2 is 1.52 bits per heavy atom. The van der Waals surface area contributed by atoms with Crippen LogP contribution in [0.5, 0.6) is 11.5 Å². The van der Waals surface area contributed by atoms with E-state index in [2.05, 4.69) is 17.9 Å². The lowest BCUT2D eigenvalue weighted by molar-refractivity contribution is 0.318. The van der Waals surface area contributed by atoms with Crippen LogP contribution in [0.4, 0.5) is 0 Å². The fourth-order valence-corrected chi connectivity index (χ4v) is 3.69. The summed E-state index contributed by atoms with van der Waals surface area (Å²) in [5, 5.41) is 0. The Bertz CT molecular complexity index is 1030. The molecule has 2 aromatic carbocycles. The molecule has 0 atom stereocenters. The second kappa shape index (κ2) is 10.4. The molecule has 0 fully saturated rings. The monoisotopic (exact) mass is 437 g/mol. The molecule has 162 valence electrons. The second-order valence-electron chi connectivity index (χ2n) is 7.29. The second-order valence-corrected chi connectivity index (χ2v) is 7.29. The first kappa shape index (κ1) is 22.8. The van der Waals surface area contributed by atoms with E-state index in [0.29, 0.717) is 0 Å². The van der Waals surface area contributed by atoms with Crippen LogP contribution in [0.25, 0.3) is 28.0 Å². The van der Waals surface area contributed by atoms with Crippen molar-refractivity contribution in [1.29, 1.82) is 0 Å². The van der Waals surface area contributed by atoms with Crippen LogP contribution in [0.3, 0.4) is 0 Å². The van der Waals surface area contributed by atoms with Gasteiger partial charge in [0.2, 0.25) is 0 Å². The molecule has 5 nitrogen and oxygen atoms in total. The van der Waals surface area contributed by atoms with Crippen molar-refractivity contribution in [2.24, 2.45) is 0 Å². The van der Waals surface area contributed by atoms with Crippen LogP contribution in [-0.2, 0) is 0 Å². The van der Waals surface area contributed by atoms with Crippen LogP contribution in [0, 0.1) is 0 Å². The van der Waals surface area contributed by atoms with Gasteiger partial charge in [0.1, 0.15) is 11.5 Å². The van der Waals surface area contributed by atoms with Crippen molar-refractivity contribution in [3.8, 4) is 33.9 Å². The molecular weight excluding hydrogens is 410 g/mol. The summed E-state index contributed by atoms with van der Waals surface area (Å²) in [6.45, 7) is 5.26. The van der Waals surface area contributed by atoms with Gasteiger partial charge in [-0.1, -0.05) is 25.1 Å². The predicted octanol–water partition coefficient (Wildman–Crippen LogP) is 5.36. The molecule has 31 heavy (non-hydrogen) atoms. The molecule has 6 heteroatoms. The maximum absolute atomic E-state index is 5.32. The first-order valence-corrected chi connectivity index (χ1v) is 10.3. The van der Waals surface area contributed by atoms with Gasteiger partial charge < -0.3 is 9.47 Å². The maximum Gasteiger partial charge on any atom is 0.155 e. The van der Waals surface area contributed by atoms with Crippen LogP contribution in [0.15, 0.2) is 60.8 Å². The maximum atomic E-state index is 5.32. The molecule has 0 aliphatic carbocycles. The smallest absolute Gasteiger partial charge is 0.155 e. The van der Waals surface area contributed by atoms with E-state index in [4.69, 9.17) is 19.4 Å². The fraction of sp³-hybridized carbons (Fsp3) is 0.280. The molecule has 1 aromatic heterocycles. The van der Waals surface area contributed by atoms with Crippen LogP contribution in [-0.4, -0.2) is 48.7 Å². The number of hydrogen-bond acceptors (Lipinski definition) is 5. The SMILES string of the molecule is CCN1CC=C(c2ncc(-c3ccc(OC)cc3)c(-c3ccc(OC)cc3)n2)CC1.Cl. The molecule has 0 amide bonds. The number of benzene rings is 2. The summed E-state index contributed by atoms with van der Waals surface area (Å²) in [6, 6.07) is 16.0. The molecular formula is C25H28ClN3O2. The molecule has 1 aliphatic rings. The van der Waals surface area contributed by atoms with Crippen LogP contribution in [0.1, 0.15) is 19.2 Å². The Morgan fingerprint density at radius 3 is 2.03 bits per heavy atom. The van der Waals surface area contributed by atoms with Crippen LogP contribution < -0.4 is 9.47 Å². The summed E-state index contributed by atoms with van der Waals surface area (Å²) >= 11 is 0. The lowest BCUT2D eigenvalue weighted by atomic mass is 9.99. The zero-order chi connectivity index (χ0) is 20.9. The van der Waals surface area contributed by atoms with Crippen molar-refractivity contribution < 1.29 is 9.47 Å². The summed E-state index contributed by atoms with van der Waals surface area (Å²) in [4.78, 5) is 12.2. The first-order chi connectivity index (χ1) is 14.7. The van der Waals surface area contributed by atoms with Crippen molar-refractivity contribution >= 4 is 18.0 Å². The topological polar surface area (TPSA) is 47.5 Å². The Balaban J connectivity index is 0.00000272. The minimum absolute atomic E-state index is 0. The van der Waals surface area contributed by atoms with E-state index < -0.39 is 0 Å². The number of hydrogen-bond donors (Lipinski definition) is 0. The van der Waals surface area contributed by atoms with E-state index in [1.807, 2.05) is 54.7 Å². The first-order valence-electron chi connectivity index (χ1n) is 10.3. The average molecular weight is 438 g/mol. The molecule has 1 aliphatic heterocycles. The lowest BCUT2D eigenvalue weighted by Crippen LogP contribution is -2.28. The zero-order valence-electron chi connectivity index (χ0n) is 18.2. The van der Waals surface area contributed by atoms with Crippen molar-refractivity contribution in [3.63, 3.8) is 0 Å². The highest BCUT2D eigenvalue weighted by Gasteiger charge is 2.17. The molecule has 0 saturated heterocycles. The largest absolute Gasteiger partial charge is 0.497 e. The van der Waals surface area contributed by atoms with E-state index in [1.165, 1.54) is 5.57 Å². The standard InChI is InChI=1S/C25H27N3O2.ClH/c1-4-28-15-13-20(14-16-28)25-26-17-23(18-5-9-21(29-2)10-6-18)24(27-25)19-7-11-22(30-3)12-8-19;/h5-13,17H,4,14-16H2,1-3H3;1H. The Labute approximate surface area is 190 Å². The van der Waals surface area contributed by atoms with E-state index in [9.17, 15) is 0 Å². The average Bonchev–Trinajstić information content (AvgIpc) is 2.84. The van der Waals surface area contributed by atoms with E-state index in [0.717, 1.165) is 65.8 Å². The molecule has 0 radical (unpaired) electrons. The van der Waals surface area contributed by atoms with Crippen LogP contribution >= 0.6 is 12.4 Å². The minimum atomic E-state index is 0. The number of likely N-dealkylation sites (N-methyl/N-ethyl adjacent to an activating group) is 1. The van der Waals surface area contributed by atoms with Gasteiger partial charge in [-0.25, -0.2) is 9.97 Å². The molecule has 0 N–H and O–H groups in total. The van der Waals surface area contributed by atoms with Gasteiger partial charge in [0.05, 0.1) is 19.9 Å². The number of aromatic nitrogens is 2. The summed E-state index contributed by atoms with van der Waals surface area (Å²) in [5.41, 5.74) is 5.24. The van der Waals surface area contributed by atoms with E-state index in [-0.39, 0.29) is 12.4 Å². The third kappa shape index (κ3) is 5.06. The van der Waals surface area contributed by atoms with Gasteiger partial charge in [-0.05, 0) is 60.5 Å². The molecule has 2 heterocycles. The van der Waals surface area contributed by atoms with Crippen molar-refractivity contribution in [1.82, 2.24) is 14.9 Å². The van der Waals surface area contributed by atoms with Gasteiger partial charge >= 0.3 is 0 Å². The number of rotatable bonds is 6. The molecule has 0 spiro atoms. The minimum Gasteiger partial charge on any atom is -0.497 e. The summed E-state index contributed by atoms with van der Waals surface area (Å²) < 4.78 is 10.6. The Kier molecular flexibility index (Phi) is 7.66. The molecule has 0 saturated carbocycles. The van der Waals surface area contributed by atoms with Gasteiger partial charge in [-0.3, -0.25) is 4.90 Å². The third-order valence-electron chi connectivity index (χ3n) is 5.58. The van der Waals surface area contributed by atoms with Gasteiger partial charge in [0.15, 0.2) is 5.82 Å².